The number of nitrogen functional groups attached to an aromatic ring is 1. The van der Waals surface area contributed by atoms with Crippen molar-refractivity contribution < 1.29 is 23.0 Å². The van der Waals surface area contributed by atoms with Crippen LogP contribution in [0.25, 0.3) is 0 Å². The van der Waals surface area contributed by atoms with Crippen LogP contribution in [0.15, 0.2) is 6.07 Å². The Labute approximate surface area is 107 Å². The van der Waals surface area contributed by atoms with Crippen molar-refractivity contribution >= 4 is 11.6 Å². The SMILES string of the molecule is COCC(CO)Nc1cc(NN)nc(C(F)(F)F)n1. The molecule has 0 fully saturated rings. The number of methoxy groups -OCH3 is 1. The molecule has 10 heteroatoms. The summed E-state index contributed by atoms with van der Waals surface area (Å²) in [6.07, 6.45) is -4.70. The number of aliphatic hydroxyl groups is 1. The van der Waals surface area contributed by atoms with Gasteiger partial charge in [0.25, 0.3) is 0 Å². The summed E-state index contributed by atoms with van der Waals surface area (Å²) in [5.41, 5.74) is 2.02. The predicted molar refractivity (Wildman–Crippen MR) is 61.2 cm³/mol. The Kier molecular flexibility index (Phi) is 5.27. The molecule has 1 aromatic rings. The van der Waals surface area contributed by atoms with E-state index in [2.05, 4.69) is 15.3 Å². The van der Waals surface area contributed by atoms with Gasteiger partial charge in [-0.15, -0.1) is 0 Å². The highest BCUT2D eigenvalue weighted by Crippen LogP contribution is 2.28. The first-order chi connectivity index (χ1) is 8.90. The summed E-state index contributed by atoms with van der Waals surface area (Å²) < 4.78 is 42.5. The smallest absolute Gasteiger partial charge is 0.394 e. The molecule has 7 nitrogen and oxygen atoms in total. The van der Waals surface area contributed by atoms with E-state index in [1.165, 1.54) is 13.2 Å². The van der Waals surface area contributed by atoms with Gasteiger partial charge in [0.1, 0.15) is 11.6 Å². The van der Waals surface area contributed by atoms with E-state index in [0.29, 0.717) is 0 Å². The van der Waals surface area contributed by atoms with Gasteiger partial charge < -0.3 is 20.6 Å². The standard InChI is InChI=1S/C9H14F3N5O2/c1-19-4-5(3-18)14-6-2-7(17-13)16-8(15-6)9(10,11)12/h2,5,18H,3-4,13H2,1H3,(H2,14,15,16,17). The number of anilines is 2. The summed E-state index contributed by atoms with van der Waals surface area (Å²) >= 11 is 0. The molecular weight excluding hydrogens is 267 g/mol. The molecule has 0 aliphatic heterocycles. The van der Waals surface area contributed by atoms with E-state index in [1.807, 2.05) is 5.43 Å². The van der Waals surface area contributed by atoms with Gasteiger partial charge in [0, 0.05) is 13.2 Å². The highest BCUT2D eigenvalue weighted by atomic mass is 19.4. The number of nitrogens with one attached hydrogen (secondary N) is 2. The van der Waals surface area contributed by atoms with Gasteiger partial charge in [-0.2, -0.15) is 13.2 Å². The molecule has 0 radical (unpaired) electrons. The lowest BCUT2D eigenvalue weighted by Crippen LogP contribution is -2.30. The molecule has 1 atom stereocenters. The average molecular weight is 281 g/mol. The van der Waals surface area contributed by atoms with Crippen LogP contribution in [0.3, 0.4) is 0 Å². The summed E-state index contributed by atoms with van der Waals surface area (Å²) in [5.74, 6) is 3.40. The summed E-state index contributed by atoms with van der Waals surface area (Å²) in [5, 5.41) is 11.6. The van der Waals surface area contributed by atoms with E-state index in [4.69, 9.17) is 15.7 Å². The lowest BCUT2D eigenvalue weighted by Gasteiger charge is -2.17. The van der Waals surface area contributed by atoms with E-state index in [9.17, 15) is 13.2 Å². The Hall–Kier alpha value is -1.65. The normalized spacial score (nSPS) is 13.2. The molecule has 0 bridgehead atoms. The van der Waals surface area contributed by atoms with Gasteiger partial charge in [-0.25, -0.2) is 15.8 Å². The number of hydrogen-bond donors (Lipinski definition) is 4. The monoisotopic (exact) mass is 281 g/mol. The van der Waals surface area contributed by atoms with Crippen LogP contribution in [-0.2, 0) is 10.9 Å². The third-order valence-electron chi connectivity index (χ3n) is 2.07. The van der Waals surface area contributed by atoms with Crippen molar-refractivity contribution in [3.05, 3.63) is 11.9 Å². The molecule has 0 saturated carbocycles. The molecule has 0 aliphatic carbocycles. The van der Waals surface area contributed by atoms with Crippen LogP contribution in [0.5, 0.6) is 0 Å². The summed E-state index contributed by atoms with van der Waals surface area (Å²) in [7, 11) is 1.40. The molecule has 0 spiro atoms. The van der Waals surface area contributed by atoms with Gasteiger partial charge in [-0.3, -0.25) is 0 Å². The predicted octanol–water partition coefficient (Wildman–Crippen LogP) is 0.200. The molecule has 0 aromatic carbocycles. The van der Waals surface area contributed by atoms with Crippen molar-refractivity contribution in [2.24, 2.45) is 5.84 Å². The van der Waals surface area contributed by atoms with E-state index < -0.39 is 18.0 Å². The fraction of sp³-hybridized carbons (Fsp3) is 0.556. The quantitative estimate of drug-likeness (QED) is 0.436. The molecule has 0 amide bonds. The van der Waals surface area contributed by atoms with Crippen molar-refractivity contribution in [1.29, 1.82) is 0 Å². The minimum atomic E-state index is -4.70. The van der Waals surface area contributed by atoms with Crippen molar-refractivity contribution in [1.82, 2.24) is 9.97 Å². The maximum Gasteiger partial charge on any atom is 0.451 e. The zero-order valence-corrected chi connectivity index (χ0v) is 10.0. The van der Waals surface area contributed by atoms with Gasteiger partial charge in [0.15, 0.2) is 0 Å². The molecule has 0 saturated heterocycles. The average Bonchev–Trinajstić information content (AvgIpc) is 2.36. The molecule has 1 aromatic heterocycles. The zero-order valence-electron chi connectivity index (χ0n) is 10.0. The fourth-order valence-corrected chi connectivity index (χ4v) is 1.27. The summed E-state index contributed by atoms with van der Waals surface area (Å²) in [4.78, 5) is 6.51. The Morgan fingerprint density at radius 2 is 2.05 bits per heavy atom. The van der Waals surface area contributed by atoms with Gasteiger partial charge in [-0.1, -0.05) is 0 Å². The highest BCUT2D eigenvalue weighted by molar-refractivity contribution is 5.47. The molecule has 5 N–H and O–H groups in total. The maximum atomic E-state index is 12.6. The van der Waals surface area contributed by atoms with Crippen LogP contribution < -0.4 is 16.6 Å². The van der Waals surface area contributed by atoms with Gasteiger partial charge in [0.2, 0.25) is 5.82 Å². The van der Waals surface area contributed by atoms with Gasteiger partial charge >= 0.3 is 6.18 Å². The lowest BCUT2D eigenvalue weighted by atomic mass is 10.3. The fourth-order valence-electron chi connectivity index (χ4n) is 1.27. The van der Waals surface area contributed by atoms with Crippen LogP contribution in [-0.4, -0.2) is 41.4 Å². The molecule has 1 rings (SSSR count). The van der Waals surface area contributed by atoms with Crippen molar-refractivity contribution in [2.45, 2.75) is 12.2 Å². The van der Waals surface area contributed by atoms with Crippen LogP contribution in [0, 0.1) is 0 Å². The van der Waals surface area contributed by atoms with E-state index >= 15 is 0 Å². The largest absolute Gasteiger partial charge is 0.451 e. The number of hydrogen-bond acceptors (Lipinski definition) is 7. The number of nitrogens with zero attached hydrogens (tertiary/aromatic N) is 2. The number of aromatic nitrogens is 2. The van der Waals surface area contributed by atoms with Crippen molar-refractivity contribution in [2.75, 3.05) is 31.1 Å². The van der Waals surface area contributed by atoms with Gasteiger partial charge in [-0.05, 0) is 0 Å². The maximum absolute atomic E-state index is 12.6. The molecule has 19 heavy (non-hydrogen) atoms. The van der Waals surface area contributed by atoms with Crippen molar-refractivity contribution in [3.8, 4) is 0 Å². The Morgan fingerprint density at radius 3 is 2.53 bits per heavy atom. The second-order valence-corrected chi connectivity index (χ2v) is 3.58. The second-order valence-electron chi connectivity index (χ2n) is 3.58. The van der Waals surface area contributed by atoms with Gasteiger partial charge in [0.05, 0.1) is 19.3 Å². The first-order valence-electron chi connectivity index (χ1n) is 5.20. The molecule has 1 heterocycles. The van der Waals surface area contributed by atoms with Crippen molar-refractivity contribution in [3.63, 3.8) is 0 Å². The van der Waals surface area contributed by atoms with Crippen LogP contribution >= 0.6 is 0 Å². The van der Waals surface area contributed by atoms with E-state index in [0.717, 1.165) is 0 Å². The number of aliphatic hydroxyl groups excluding tert-OH is 1. The Bertz CT molecular complexity index is 415. The first-order valence-corrected chi connectivity index (χ1v) is 5.20. The molecular formula is C9H14F3N5O2. The summed E-state index contributed by atoms with van der Waals surface area (Å²) in [6, 6.07) is 0.597. The van der Waals surface area contributed by atoms with Crippen LogP contribution in [0.1, 0.15) is 5.82 Å². The number of ether oxygens (including phenoxy) is 1. The van der Waals surface area contributed by atoms with Crippen LogP contribution in [0.2, 0.25) is 0 Å². The van der Waals surface area contributed by atoms with E-state index in [1.54, 1.807) is 0 Å². The molecule has 1 unspecified atom stereocenters. The third-order valence-corrected chi connectivity index (χ3v) is 2.07. The third kappa shape index (κ3) is 4.50. The minimum absolute atomic E-state index is 0.104. The highest BCUT2D eigenvalue weighted by Gasteiger charge is 2.35. The number of halogens is 3. The zero-order chi connectivity index (χ0) is 14.5. The Balaban J connectivity index is 3.00. The lowest BCUT2D eigenvalue weighted by molar-refractivity contribution is -0.144. The number of alkyl halides is 3. The van der Waals surface area contributed by atoms with Crippen LogP contribution in [0.4, 0.5) is 24.8 Å². The minimum Gasteiger partial charge on any atom is -0.394 e. The topological polar surface area (TPSA) is 105 Å². The molecule has 0 aliphatic rings. The molecule has 108 valence electrons. The Morgan fingerprint density at radius 1 is 1.42 bits per heavy atom. The summed E-state index contributed by atoms with van der Waals surface area (Å²) in [6.45, 7) is -0.224. The second kappa shape index (κ2) is 6.50. The number of hydrazine groups is 1. The number of rotatable bonds is 6. The first kappa shape index (κ1) is 15.4. The van der Waals surface area contributed by atoms with E-state index in [-0.39, 0.29) is 24.8 Å². The number of nitrogens with two attached hydrogens (primary N) is 1.